The predicted molar refractivity (Wildman–Crippen MR) is 102 cm³/mol. The summed E-state index contributed by atoms with van der Waals surface area (Å²) in [4.78, 5) is 12.9. The highest BCUT2D eigenvalue weighted by Crippen LogP contribution is 2.25. The Morgan fingerprint density at radius 3 is 2.38 bits per heavy atom. The van der Waals surface area contributed by atoms with Crippen LogP contribution in [0.4, 0.5) is 5.69 Å². The number of carbonyl (C=O) groups excluding carboxylic acids is 1. The van der Waals surface area contributed by atoms with Gasteiger partial charge in [0.2, 0.25) is 15.9 Å². The van der Waals surface area contributed by atoms with E-state index < -0.39 is 10.0 Å². The summed E-state index contributed by atoms with van der Waals surface area (Å²) in [6, 6.07) is 14.3. The Morgan fingerprint density at radius 1 is 1.08 bits per heavy atom. The number of aryl methyl sites for hydroxylation is 2. The van der Waals surface area contributed by atoms with Crippen LogP contribution in [0.2, 0.25) is 0 Å². The molecule has 3 rings (SSSR count). The SMILES string of the molecule is Cc1cc(C)cc(NC(=O)[C@@H]2CCCN(S(=O)(=O)c3ccccc3)C2)c1. The summed E-state index contributed by atoms with van der Waals surface area (Å²) in [5, 5.41) is 2.94. The average molecular weight is 372 g/mol. The Balaban J connectivity index is 1.73. The van der Waals surface area contributed by atoms with Crippen molar-refractivity contribution in [2.24, 2.45) is 5.92 Å². The van der Waals surface area contributed by atoms with E-state index in [2.05, 4.69) is 5.32 Å². The van der Waals surface area contributed by atoms with Gasteiger partial charge in [0.05, 0.1) is 10.8 Å². The smallest absolute Gasteiger partial charge is 0.243 e. The second-order valence-corrected chi connectivity index (χ2v) is 8.82. The van der Waals surface area contributed by atoms with Crippen molar-refractivity contribution in [3.8, 4) is 0 Å². The lowest BCUT2D eigenvalue weighted by Gasteiger charge is -2.31. The molecule has 0 unspecified atom stereocenters. The van der Waals surface area contributed by atoms with Crippen LogP contribution in [0.25, 0.3) is 0 Å². The normalized spacial score (nSPS) is 18.5. The van der Waals surface area contributed by atoms with Gasteiger partial charge in [-0.25, -0.2) is 8.42 Å². The van der Waals surface area contributed by atoms with Gasteiger partial charge < -0.3 is 5.32 Å². The number of sulfonamides is 1. The van der Waals surface area contributed by atoms with Crippen LogP contribution in [-0.2, 0) is 14.8 Å². The van der Waals surface area contributed by atoms with Gasteiger partial charge in [0.25, 0.3) is 0 Å². The average Bonchev–Trinajstić information content (AvgIpc) is 2.61. The third-order valence-corrected chi connectivity index (χ3v) is 6.50. The van der Waals surface area contributed by atoms with Gasteiger partial charge in [0, 0.05) is 18.8 Å². The summed E-state index contributed by atoms with van der Waals surface area (Å²) in [5.74, 6) is -0.467. The van der Waals surface area contributed by atoms with E-state index >= 15 is 0 Å². The summed E-state index contributed by atoms with van der Waals surface area (Å²) in [5.41, 5.74) is 2.92. The predicted octanol–water partition coefficient (Wildman–Crippen LogP) is 3.34. The topological polar surface area (TPSA) is 66.5 Å². The molecule has 5 nitrogen and oxygen atoms in total. The van der Waals surface area contributed by atoms with E-state index in [1.165, 1.54) is 4.31 Å². The van der Waals surface area contributed by atoms with Crippen LogP contribution >= 0.6 is 0 Å². The van der Waals surface area contributed by atoms with Gasteiger partial charge in [0.1, 0.15) is 0 Å². The van der Waals surface area contributed by atoms with E-state index in [1.807, 2.05) is 32.0 Å². The molecule has 1 fully saturated rings. The Labute approximate surface area is 155 Å². The van der Waals surface area contributed by atoms with E-state index in [-0.39, 0.29) is 23.3 Å². The zero-order chi connectivity index (χ0) is 18.7. The third-order valence-electron chi connectivity index (χ3n) is 4.63. The fraction of sp³-hybridized carbons (Fsp3) is 0.350. The molecule has 0 saturated carbocycles. The molecule has 138 valence electrons. The first-order valence-corrected chi connectivity index (χ1v) is 10.2. The molecule has 1 atom stereocenters. The molecule has 1 aliphatic heterocycles. The minimum Gasteiger partial charge on any atom is -0.326 e. The van der Waals surface area contributed by atoms with E-state index in [9.17, 15) is 13.2 Å². The number of piperidine rings is 1. The van der Waals surface area contributed by atoms with Crippen LogP contribution in [0.1, 0.15) is 24.0 Å². The van der Waals surface area contributed by atoms with Gasteiger partial charge >= 0.3 is 0 Å². The van der Waals surface area contributed by atoms with E-state index in [0.717, 1.165) is 16.8 Å². The number of hydrogen-bond donors (Lipinski definition) is 1. The van der Waals surface area contributed by atoms with Crippen LogP contribution in [0, 0.1) is 19.8 Å². The van der Waals surface area contributed by atoms with E-state index in [0.29, 0.717) is 19.4 Å². The van der Waals surface area contributed by atoms with Crippen LogP contribution < -0.4 is 5.32 Å². The van der Waals surface area contributed by atoms with Gasteiger partial charge in [-0.2, -0.15) is 4.31 Å². The van der Waals surface area contributed by atoms with Gasteiger partial charge in [0.15, 0.2) is 0 Å². The van der Waals surface area contributed by atoms with Crippen molar-refractivity contribution in [3.63, 3.8) is 0 Å². The molecule has 26 heavy (non-hydrogen) atoms. The van der Waals surface area contributed by atoms with Crippen molar-refractivity contribution >= 4 is 21.6 Å². The van der Waals surface area contributed by atoms with Gasteiger partial charge in [-0.05, 0) is 62.1 Å². The number of rotatable bonds is 4. The molecule has 1 aliphatic rings. The maximum Gasteiger partial charge on any atom is 0.243 e. The molecule has 0 bridgehead atoms. The fourth-order valence-corrected chi connectivity index (χ4v) is 4.95. The molecule has 0 aromatic heterocycles. The number of amides is 1. The molecular formula is C20H24N2O3S. The summed E-state index contributed by atoms with van der Waals surface area (Å²) in [7, 11) is -3.56. The van der Waals surface area contributed by atoms with E-state index in [4.69, 9.17) is 0 Å². The van der Waals surface area contributed by atoms with Crippen LogP contribution in [0.5, 0.6) is 0 Å². The quantitative estimate of drug-likeness (QED) is 0.895. The summed E-state index contributed by atoms with van der Waals surface area (Å²) < 4.78 is 27.0. The Bertz CT molecular complexity index is 874. The number of anilines is 1. The van der Waals surface area contributed by atoms with Crippen molar-refractivity contribution in [2.45, 2.75) is 31.6 Å². The molecule has 1 heterocycles. The Hall–Kier alpha value is -2.18. The van der Waals surface area contributed by atoms with Crippen molar-refractivity contribution in [1.29, 1.82) is 0 Å². The second-order valence-electron chi connectivity index (χ2n) is 6.88. The van der Waals surface area contributed by atoms with Crippen molar-refractivity contribution in [1.82, 2.24) is 4.31 Å². The number of nitrogens with one attached hydrogen (secondary N) is 1. The minimum absolute atomic E-state index is 0.122. The molecule has 1 amide bonds. The van der Waals surface area contributed by atoms with Crippen molar-refractivity contribution in [3.05, 3.63) is 59.7 Å². The lowest BCUT2D eigenvalue weighted by Crippen LogP contribution is -2.43. The zero-order valence-electron chi connectivity index (χ0n) is 15.1. The standard InChI is InChI=1S/C20H24N2O3S/c1-15-11-16(2)13-18(12-15)21-20(23)17-7-6-10-22(14-17)26(24,25)19-8-4-3-5-9-19/h3-5,8-9,11-13,17H,6-7,10,14H2,1-2H3,(H,21,23)/t17-/m1/s1. The molecule has 2 aromatic carbocycles. The highest BCUT2D eigenvalue weighted by Gasteiger charge is 2.33. The van der Waals surface area contributed by atoms with Crippen molar-refractivity contribution in [2.75, 3.05) is 18.4 Å². The summed E-state index contributed by atoms with van der Waals surface area (Å²) in [6.07, 6.45) is 1.37. The van der Waals surface area contributed by atoms with Gasteiger partial charge in [-0.15, -0.1) is 0 Å². The number of benzene rings is 2. The molecule has 2 aromatic rings. The highest BCUT2D eigenvalue weighted by molar-refractivity contribution is 7.89. The van der Waals surface area contributed by atoms with Crippen LogP contribution in [0.15, 0.2) is 53.4 Å². The van der Waals surface area contributed by atoms with Gasteiger partial charge in [-0.3, -0.25) is 4.79 Å². The third kappa shape index (κ3) is 4.14. The largest absolute Gasteiger partial charge is 0.326 e. The fourth-order valence-electron chi connectivity index (χ4n) is 3.41. The number of hydrogen-bond acceptors (Lipinski definition) is 3. The number of carbonyl (C=O) groups is 1. The number of nitrogens with zero attached hydrogens (tertiary/aromatic N) is 1. The lowest BCUT2D eigenvalue weighted by molar-refractivity contribution is -0.120. The van der Waals surface area contributed by atoms with Crippen LogP contribution in [-0.4, -0.2) is 31.7 Å². The molecule has 1 N–H and O–H groups in total. The Morgan fingerprint density at radius 2 is 1.73 bits per heavy atom. The molecule has 1 saturated heterocycles. The summed E-state index contributed by atoms with van der Waals surface area (Å²) in [6.45, 7) is 4.63. The molecule has 0 radical (unpaired) electrons. The maximum atomic E-state index is 12.8. The maximum absolute atomic E-state index is 12.8. The molecule has 0 spiro atoms. The molecular weight excluding hydrogens is 348 g/mol. The lowest BCUT2D eigenvalue weighted by atomic mass is 9.98. The minimum atomic E-state index is -3.56. The first-order valence-electron chi connectivity index (χ1n) is 8.80. The first-order chi connectivity index (χ1) is 12.4. The summed E-state index contributed by atoms with van der Waals surface area (Å²) >= 11 is 0. The zero-order valence-corrected chi connectivity index (χ0v) is 15.9. The van der Waals surface area contributed by atoms with E-state index in [1.54, 1.807) is 30.3 Å². The second kappa shape index (κ2) is 7.60. The first kappa shape index (κ1) is 18.6. The molecule has 0 aliphatic carbocycles. The molecule has 6 heteroatoms. The monoisotopic (exact) mass is 372 g/mol. The van der Waals surface area contributed by atoms with Crippen molar-refractivity contribution < 1.29 is 13.2 Å². The van der Waals surface area contributed by atoms with Crippen LogP contribution in [0.3, 0.4) is 0 Å². The Kier molecular flexibility index (Phi) is 5.44. The van der Waals surface area contributed by atoms with Gasteiger partial charge in [-0.1, -0.05) is 24.3 Å². The highest BCUT2D eigenvalue weighted by atomic mass is 32.2.